The van der Waals surface area contributed by atoms with Crippen LogP contribution < -0.4 is 0 Å². The van der Waals surface area contributed by atoms with Crippen LogP contribution in [0, 0.1) is 0 Å². The van der Waals surface area contributed by atoms with Crippen molar-refractivity contribution in [3.05, 3.63) is 28.0 Å². The average molecular weight is 259 g/mol. The van der Waals surface area contributed by atoms with Gasteiger partial charge in [-0.3, -0.25) is 0 Å². The summed E-state index contributed by atoms with van der Waals surface area (Å²) in [4.78, 5) is 2.78. The van der Waals surface area contributed by atoms with Crippen LogP contribution in [0.2, 0.25) is 0 Å². The van der Waals surface area contributed by atoms with Crippen molar-refractivity contribution in [2.75, 3.05) is 5.33 Å². The zero-order valence-corrected chi connectivity index (χ0v) is 10.7. The molecule has 0 N–H and O–H groups in total. The lowest BCUT2D eigenvalue weighted by molar-refractivity contribution is 0.604. The van der Waals surface area contributed by atoms with Gasteiger partial charge in [-0.05, 0) is 23.6 Å². The molecule has 0 atom stereocenters. The maximum Gasteiger partial charge on any atom is 0.0270 e. The molecule has 0 bridgehead atoms. The smallest absolute Gasteiger partial charge is 0.0270 e. The molecule has 0 aliphatic rings. The molecule has 0 saturated carbocycles. The molecule has 0 aromatic carbocycles. The van der Waals surface area contributed by atoms with Gasteiger partial charge in [-0.15, -0.1) is 11.3 Å². The van der Waals surface area contributed by atoms with Gasteiger partial charge in [0.1, 0.15) is 0 Å². The van der Waals surface area contributed by atoms with Crippen LogP contribution in [-0.2, 0) is 5.41 Å². The molecule has 13 heavy (non-hydrogen) atoms. The van der Waals surface area contributed by atoms with E-state index in [4.69, 9.17) is 0 Å². The van der Waals surface area contributed by atoms with Crippen LogP contribution in [0.25, 0.3) is 6.08 Å². The Labute approximate surface area is 92.8 Å². The molecule has 1 rings (SSSR count). The van der Waals surface area contributed by atoms with Crippen molar-refractivity contribution >= 4 is 33.3 Å². The molecule has 72 valence electrons. The van der Waals surface area contributed by atoms with E-state index in [1.165, 1.54) is 9.75 Å². The van der Waals surface area contributed by atoms with E-state index >= 15 is 0 Å². The third kappa shape index (κ3) is 3.28. The molecule has 0 nitrogen and oxygen atoms in total. The SMILES string of the molecule is CC(C)(C)c1ccc(/C=C/CBr)s1. The molecule has 0 spiro atoms. The normalized spacial score (nSPS) is 12.6. The summed E-state index contributed by atoms with van der Waals surface area (Å²) in [5.41, 5.74) is 0.283. The largest absolute Gasteiger partial charge is 0.140 e. The first-order valence-electron chi connectivity index (χ1n) is 4.37. The molecule has 0 fully saturated rings. The quantitative estimate of drug-likeness (QED) is 0.688. The van der Waals surface area contributed by atoms with Crippen molar-refractivity contribution in [3.63, 3.8) is 0 Å². The molecule has 0 saturated heterocycles. The second-order valence-electron chi connectivity index (χ2n) is 4.01. The van der Waals surface area contributed by atoms with Crippen LogP contribution in [0.3, 0.4) is 0 Å². The topological polar surface area (TPSA) is 0 Å². The Bertz CT molecular complexity index is 291. The van der Waals surface area contributed by atoms with Gasteiger partial charge in [0.2, 0.25) is 0 Å². The van der Waals surface area contributed by atoms with Crippen molar-refractivity contribution in [2.24, 2.45) is 0 Å². The monoisotopic (exact) mass is 258 g/mol. The lowest BCUT2D eigenvalue weighted by Gasteiger charge is -2.15. The Kier molecular flexibility index (Phi) is 3.74. The highest BCUT2D eigenvalue weighted by Gasteiger charge is 2.14. The predicted molar refractivity (Wildman–Crippen MR) is 65.8 cm³/mol. The number of thiophene rings is 1. The molecule has 1 heterocycles. The summed E-state index contributed by atoms with van der Waals surface area (Å²) in [5.74, 6) is 0. The number of alkyl halides is 1. The molecular weight excluding hydrogens is 244 g/mol. The van der Waals surface area contributed by atoms with E-state index in [-0.39, 0.29) is 5.41 Å². The Morgan fingerprint density at radius 1 is 1.38 bits per heavy atom. The highest BCUT2D eigenvalue weighted by atomic mass is 79.9. The van der Waals surface area contributed by atoms with E-state index in [1.807, 2.05) is 11.3 Å². The summed E-state index contributed by atoms with van der Waals surface area (Å²) in [5, 5.41) is 0.926. The second kappa shape index (κ2) is 4.43. The van der Waals surface area contributed by atoms with E-state index in [1.54, 1.807) is 0 Å². The van der Waals surface area contributed by atoms with Crippen LogP contribution in [0.1, 0.15) is 30.5 Å². The molecule has 1 aromatic heterocycles. The standard InChI is InChI=1S/C11H15BrS/c1-11(2,3)10-7-6-9(13-10)5-4-8-12/h4-7H,8H2,1-3H3/b5-4+. The maximum atomic E-state index is 3.37. The van der Waals surface area contributed by atoms with Crippen LogP contribution in [-0.4, -0.2) is 5.33 Å². The molecule has 0 aliphatic carbocycles. The van der Waals surface area contributed by atoms with E-state index < -0.39 is 0 Å². The van der Waals surface area contributed by atoms with E-state index in [0.717, 1.165) is 5.33 Å². The summed E-state index contributed by atoms with van der Waals surface area (Å²) in [6.07, 6.45) is 4.28. The highest BCUT2D eigenvalue weighted by molar-refractivity contribution is 9.09. The molecule has 1 aromatic rings. The van der Waals surface area contributed by atoms with Crippen molar-refractivity contribution < 1.29 is 0 Å². The fourth-order valence-corrected chi connectivity index (χ4v) is 2.19. The van der Waals surface area contributed by atoms with Gasteiger partial charge < -0.3 is 0 Å². The first-order chi connectivity index (χ1) is 6.04. The zero-order chi connectivity index (χ0) is 9.90. The van der Waals surface area contributed by atoms with Gasteiger partial charge >= 0.3 is 0 Å². The van der Waals surface area contributed by atoms with Crippen LogP contribution in [0.5, 0.6) is 0 Å². The third-order valence-corrected chi connectivity index (χ3v) is 3.59. The van der Waals surface area contributed by atoms with Crippen molar-refractivity contribution in [1.29, 1.82) is 0 Å². The fourth-order valence-electron chi connectivity index (χ4n) is 1.01. The molecule has 0 amide bonds. The van der Waals surface area contributed by atoms with Crippen LogP contribution in [0.15, 0.2) is 18.2 Å². The molecule has 2 heteroatoms. The highest BCUT2D eigenvalue weighted by Crippen LogP contribution is 2.29. The predicted octanol–water partition coefficient (Wildman–Crippen LogP) is 4.45. The van der Waals surface area contributed by atoms with Crippen LogP contribution in [0.4, 0.5) is 0 Å². The molecular formula is C11H15BrS. The van der Waals surface area contributed by atoms with E-state index in [9.17, 15) is 0 Å². The average Bonchev–Trinajstić information content (AvgIpc) is 2.47. The second-order valence-corrected chi connectivity index (χ2v) is 5.77. The summed E-state index contributed by atoms with van der Waals surface area (Å²) in [6, 6.07) is 4.41. The minimum atomic E-state index is 0.283. The lowest BCUT2D eigenvalue weighted by Crippen LogP contribution is -2.07. The first-order valence-corrected chi connectivity index (χ1v) is 6.30. The number of hydrogen-bond acceptors (Lipinski definition) is 1. The summed E-state index contributed by atoms with van der Waals surface area (Å²) >= 11 is 5.24. The molecule has 0 radical (unpaired) electrons. The minimum Gasteiger partial charge on any atom is -0.140 e. The number of halogens is 1. The Hall–Kier alpha value is -0.0800. The van der Waals surface area contributed by atoms with Gasteiger partial charge in [-0.1, -0.05) is 42.8 Å². The minimum absolute atomic E-state index is 0.283. The van der Waals surface area contributed by atoms with Gasteiger partial charge in [0.05, 0.1) is 0 Å². The summed E-state index contributed by atoms with van der Waals surface area (Å²) < 4.78 is 0. The van der Waals surface area contributed by atoms with E-state index in [2.05, 4.69) is 61.0 Å². The van der Waals surface area contributed by atoms with Gasteiger partial charge in [0.15, 0.2) is 0 Å². The molecule has 0 aliphatic heterocycles. The van der Waals surface area contributed by atoms with Crippen molar-refractivity contribution in [3.8, 4) is 0 Å². The Morgan fingerprint density at radius 2 is 2.08 bits per heavy atom. The van der Waals surface area contributed by atoms with Crippen LogP contribution >= 0.6 is 27.3 Å². The van der Waals surface area contributed by atoms with Gasteiger partial charge in [-0.25, -0.2) is 0 Å². The first kappa shape index (κ1) is 11.0. The number of rotatable bonds is 2. The number of hydrogen-bond donors (Lipinski definition) is 0. The van der Waals surface area contributed by atoms with E-state index in [0.29, 0.717) is 0 Å². The fraction of sp³-hybridized carbons (Fsp3) is 0.455. The summed E-state index contributed by atoms with van der Waals surface area (Å²) in [6.45, 7) is 6.74. The number of allylic oxidation sites excluding steroid dienone is 1. The third-order valence-electron chi connectivity index (χ3n) is 1.74. The van der Waals surface area contributed by atoms with Crippen molar-refractivity contribution in [1.82, 2.24) is 0 Å². The van der Waals surface area contributed by atoms with Crippen molar-refractivity contribution in [2.45, 2.75) is 26.2 Å². The molecule has 0 unspecified atom stereocenters. The van der Waals surface area contributed by atoms with Gasteiger partial charge in [0.25, 0.3) is 0 Å². The van der Waals surface area contributed by atoms with Gasteiger partial charge in [-0.2, -0.15) is 0 Å². The Balaban J connectivity index is 2.81. The van der Waals surface area contributed by atoms with Gasteiger partial charge in [0, 0.05) is 15.1 Å². The summed E-state index contributed by atoms with van der Waals surface area (Å²) in [7, 11) is 0. The lowest BCUT2D eigenvalue weighted by atomic mass is 9.95. The zero-order valence-electron chi connectivity index (χ0n) is 8.30. The maximum absolute atomic E-state index is 3.37. The Morgan fingerprint density at radius 3 is 2.54 bits per heavy atom.